The number of fused-ring (bicyclic) bond motifs is 1. The predicted molar refractivity (Wildman–Crippen MR) is 70.0 cm³/mol. The Hall–Kier alpha value is -1.40. The maximum atomic E-state index is 11.0. The van der Waals surface area contributed by atoms with Crippen molar-refractivity contribution in [3.63, 3.8) is 0 Å². The van der Waals surface area contributed by atoms with Crippen LogP contribution in [-0.4, -0.2) is 35.3 Å². The highest BCUT2D eigenvalue weighted by Crippen LogP contribution is 2.16. The van der Waals surface area contributed by atoms with Crippen LogP contribution in [0.3, 0.4) is 0 Å². The summed E-state index contributed by atoms with van der Waals surface area (Å²) in [6, 6.07) is 5.63. The number of aliphatic hydroxyl groups is 1. The molecule has 0 aliphatic carbocycles. The van der Waals surface area contributed by atoms with Gasteiger partial charge in [0.25, 0.3) is 0 Å². The highest BCUT2D eigenvalue weighted by molar-refractivity contribution is 7.90. The summed E-state index contributed by atoms with van der Waals surface area (Å²) in [5.74, 6) is 0.170. The van der Waals surface area contributed by atoms with Gasteiger partial charge in [0, 0.05) is 18.2 Å². The van der Waals surface area contributed by atoms with E-state index in [4.69, 9.17) is 5.11 Å². The molecule has 0 aliphatic rings. The van der Waals surface area contributed by atoms with E-state index in [1.54, 1.807) is 10.9 Å². The lowest BCUT2D eigenvalue weighted by Gasteiger charge is -2.03. The van der Waals surface area contributed by atoms with Crippen LogP contribution in [0.4, 0.5) is 0 Å². The fourth-order valence-electron chi connectivity index (χ4n) is 1.89. The number of hydrogen-bond donors (Lipinski definition) is 1. The van der Waals surface area contributed by atoms with Gasteiger partial charge in [-0.25, -0.2) is 8.42 Å². The number of aromatic nitrogens is 2. The van der Waals surface area contributed by atoms with Crippen molar-refractivity contribution >= 4 is 20.7 Å². The first-order valence-electron chi connectivity index (χ1n) is 5.72. The fourth-order valence-corrected chi connectivity index (χ4v) is 2.54. The Labute approximate surface area is 106 Å². The van der Waals surface area contributed by atoms with Crippen LogP contribution in [-0.2, 0) is 23.0 Å². The summed E-state index contributed by atoms with van der Waals surface area (Å²) >= 11 is 0. The summed E-state index contributed by atoms with van der Waals surface area (Å²) in [7, 11) is -2.92. The molecule has 18 heavy (non-hydrogen) atoms. The van der Waals surface area contributed by atoms with E-state index in [0.717, 1.165) is 16.5 Å². The van der Waals surface area contributed by atoms with Crippen molar-refractivity contribution in [1.82, 2.24) is 9.78 Å². The molecule has 0 saturated carbocycles. The third kappa shape index (κ3) is 3.08. The quantitative estimate of drug-likeness (QED) is 0.876. The molecule has 0 aliphatic heterocycles. The van der Waals surface area contributed by atoms with Gasteiger partial charge in [0.05, 0.1) is 24.1 Å². The monoisotopic (exact) mass is 268 g/mol. The molecule has 0 saturated heterocycles. The van der Waals surface area contributed by atoms with E-state index in [-0.39, 0.29) is 12.4 Å². The number of rotatable bonds is 5. The third-order valence-corrected chi connectivity index (χ3v) is 3.80. The number of nitrogens with zero attached hydrogens (tertiary/aromatic N) is 2. The molecule has 0 spiro atoms. The molecule has 0 bridgehead atoms. The van der Waals surface area contributed by atoms with Gasteiger partial charge in [-0.3, -0.25) is 4.68 Å². The molecule has 0 fully saturated rings. The standard InChI is InChI=1S/C12H16N2O3S/c1-18(16,17)6-2-5-14-12-4-3-10(9-15)7-11(12)8-13-14/h3-4,7-8,15H,2,5-6,9H2,1H3. The van der Waals surface area contributed by atoms with Crippen molar-refractivity contribution in [2.75, 3.05) is 12.0 Å². The van der Waals surface area contributed by atoms with Gasteiger partial charge in [0.1, 0.15) is 9.84 Å². The second kappa shape index (κ2) is 5.07. The number of benzene rings is 1. The molecule has 2 rings (SSSR count). The largest absolute Gasteiger partial charge is 0.392 e. The lowest BCUT2D eigenvalue weighted by atomic mass is 10.2. The fraction of sp³-hybridized carbons (Fsp3) is 0.417. The SMILES string of the molecule is CS(=O)(=O)CCCn1ncc2cc(CO)ccc21. The van der Waals surface area contributed by atoms with Crippen LogP contribution in [0.2, 0.25) is 0 Å². The summed E-state index contributed by atoms with van der Waals surface area (Å²) in [6.45, 7) is 0.588. The molecule has 0 unspecified atom stereocenters. The zero-order valence-electron chi connectivity index (χ0n) is 10.2. The van der Waals surface area contributed by atoms with E-state index in [9.17, 15) is 8.42 Å². The van der Waals surface area contributed by atoms with Crippen molar-refractivity contribution in [3.05, 3.63) is 30.0 Å². The Balaban J connectivity index is 2.15. The van der Waals surface area contributed by atoms with E-state index in [2.05, 4.69) is 5.10 Å². The second-order valence-corrected chi connectivity index (χ2v) is 6.66. The molecule has 6 heteroatoms. The van der Waals surface area contributed by atoms with Gasteiger partial charge >= 0.3 is 0 Å². The summed E-state index contributed by atoms with van der Waals surface area (Å²) < 4.78 is 23.9. The van der Waals surface area contributed by atoms with Crippen LogP contribution in [0.5, 0.6) is 0 Å². The summed E-state index contributed by atoms with van der Waals surface area (Å²) in [6.07, 6.45) is 3.52. The van der Waals surface area contributed by atoms with Crippen LogP contribution in [0.15, 0.2) is 24.4 Å². The number of sulfone groups is 1. The molecule has 5 nitrogen and oxygen atoms in total. The molecule has 98 valence electrons. The minimum Gasteiger partial charge on any atom is -0.392 e. The molecule has 0 atom stereocenters. The molecule has 0 amide bonds. The van der Waals surface area contributed by atoms with Crippen LogP contribution in [0.25, 0.3) is 10.9 Å². The summed E-state index contributed by atoms with van der Waals surface area (Å²) in [5.41, 5.74) is 1.80. The van der Waals surface area contributed by atoms with Crippen molar-refractivity contribution in [2.24, 2.45) is 0 Å². The Morgan fingerprint density at radius 3 is 2.83 bits per heavy atom. The minimum atomic E-state index is -2.92. The summed E-state index contributed by atoms with van der Waals surface area (Å²) in [5, 5.41) is 14.2. The van der Waals surface area contributed by atoms with Crippen molar-refractivity contribution < 1.29 is 13.5 Å². The van der Waals surface area contributed by atoms with Crippen molar-refractivity contribution in [2.45, 2.75) is 19.6 Å². The third-order valence-electron chi connectivity index (χ3n) is 2.77. The average molecular weight is 268 g/mol. The topological polar surface area (TPSA) is 72.2 Å². The first-order chi connectivity index (χ1) is 8.49. The highest BCUT2D eigenvalue weighted by atomic mass is 32.2. The normalized spacial score (nSPS) is 12.1. The van der Waals surface area contributed by atoms with Crippen LogP contribution < -0.4 is 0 Å². The second-order valence-electron chi connectivity index (χ2n) is 4.40. The number of hydrogen-bond acceptors (Lipinski definition) is 4. The molecule has 1 heterocycles. The lowest BCUT2D eigenvalue weighted by molar-refractivity contribution is 0.282. The Morgan fingerprint density at radius 2 is 2.17 bits per heavy atom. The molecule has 0 radical (unpaired) electrons. The van der Waals surface area contributed by atoms with E-state index >= 15 is 0 Å². The molecule has 1 N–H and O–H groups in total. The first kappa shape index (κ1) is 13.0. The van der Waals surface area contributed by atoms with Crippen LogP contribution >= 0.6 is 0 Å². The zero-order valence-corrected chi connectivity index (χ0v) is 11.0. The maximum absolute atomic E-state index is 11.0. The van der Waals surface area contributed by atoms with Crippen molar-refractivity contribution in [3.8, 4) is 0 Å². The van der Waals surface area contributed by atoms with E-state index < -0.39 is 9.84 Å². The molecule has 1 aromatic carbocycles. The predicted octanol–water partition coefficient (Wildman–Crippen LogP) is 0.963. The van der Waals surface area contributed by atoms with Gasteiger partial charge in [0.2, 0.25) is 0 Å². The summed E-state index contributed by atoms with van der Waals surface area (Å²) in [4.78, 5) is 0. The lowest BCUT2D eigenvalue weighted by Crippen LogP contribution is -2.08. The molecule has 1 aromatic heterocycles. The van der Waals surface area contributed by atoms with Crippen molar-refractivity contribution in [1.29, 1.82) is 0 Å². The van der Waals surface area contributed by atoms with E-state index in [1.807, 2.05) is 18.2 Å². The van der Waals surface area contributed by atoms with Gasteiger partial charge in [-0.1, -0.05) is 6.07 Å². The average Bonchev–Trinajstić information content (AvgIpc) is 2.70. The molecule has 2 aromatic rings. The zero-order chi connectivity index (χ0) is 13.2. The van der Waals surface area contributed by atoms with Gasteiger partial charge in [-0.05, 0) is 24.1 Å². The van der Waals surface area contributed by atoms with E-state index in [1.165, 1.54) is 6.26 Å². The highest BCUT2D eigenvalue weighted by Gasteiger charge is 2.06. The maximum Gasteiger partial charge on any atom is 0.147 e. The van der Waals surface area contributed by atoms with Gasteiger partial charge in [-0.15, -0.1) is 0 Å². The van der Waals surface area contributed by atoms with Gasteiger partial charge in [-0.2, -0.15) is 5.10 Å². The Morgan fingerprint density at radius 1 is 1.39 bits per heavy atom. The smallest absolute Gasteiger partial charge is 0.147 e. The first-order valence-corrected chi connectivity index (χ1v) is 7.79. The van der Waals surface area contributed by atoms with Crippen LogP contribution in [0.1, 0.15) is 12.0 Å². The Bertz CT molecular complexity index is 646. The molecular formula is C12H16N2O3S. The number of aliphatic hydroxyl groups excluding tert-OH is 1. The van der Waals surface area contributed by atoms with Gasteiger partial charge < -0.3 is 5.11 Å². The van der Waals surface area contributed by atoms with Gasteiger partial charge in [0.15, 0.2) is 0 Å². The molecular weight excluding hydrogens is 252 g/mol. The van der Waals surface area contributed by atoms with E-state index in [0.29, 0.717) is 13.0 Å². The number of aryl methyl sites for hydroxylation is 1. The Kier molecular flexibility index (Phi) is 3.68. The minimum absolute atomic E-state index is 0.00913. The van der Waals surface area contributed by atoms with Crippen LogP contribution in [0, 0.1) is 0 Å².